The summed E-state index contributed by atoms with van der Waals surface area (Å²) in [4.78, 5) is 30.5. The van der Waals surface area contributed by atoms with Crippen molar-refractivity contribution < 1.29 is 9.59 Å². The fraction of sp³-hybridized carbons (Fsp3) is 0.182. The molecule has 0 radical (unpaired) electrons. The molecule has 0 aliphatic carbocycles. The summed E-state index contributed by atoms with van der Waals surface area (Å²) in [6, 6.07) is 10.7. The molecule has 7 nitrogen and oxygen atoms in total. The molecule has 0 bridgehead atoms. The molecule has 9 heteroatoms. The molecule has 0 fully saturated rings. The average Bonchev–Trinajstić information content (AvgIpc) is 3.40. The smallest absolute Gasteiger partial charge is 0.256 e. The first-order valence-electron chi connectivity index (χ1n) is 9.71. The molecule has 4 rings (SSSR count). The summed E-state index contributed by atoms with van der Waals surface area (Å²) in [6.07, 6.45) is 2.01. The van der Waals surface area contributed by atoms with Gasteiger partial charge in [0.1, 0.15) is 0 Å². The summed E-state index contributed by atoms with van der Waals surface area (Å²) < 4.78 is 1.79. The van der Waals surface area contributed by atoms with E-state index in [9.17, 15) is 9.59 Å². The van der Waals surface area contributed by atoms with Crippen molar-refractivity contribution in [3.8, 4) is 0 Å². The van der Waals surface area contributed by atoms with Crippen molar-refractivity contribution in [2.75, 3.05) is 10.6 Å². The zero-order valence-electron chi connectivity index (χ0n) is 17.0. The number of aryl methyl sites for hydroxylation is 1. The van der Waals surface area contributed by atoms with Gasteiger partial charge in [-0.05, 0) is 42.6 Å². The lowest BCUT2D eigenvalue weighted by molar-refractivity contribution is -0.115. The molecule has 1 aromatic carbocycles. The largest absolute Gasteiger partial charge is 0.326 e. The van der Waals surface area contributed by atoms with Crippen LogP contribution < -0.4 is 10.6 Å². The first-order valence-corrected chi connectivity index (χ1v) is 11.0. The van der Waals surface area contributed by atoms with Gasteiger partial charge in [0.25, 0.3) is 5.91 Å². The third-order valence-electron chi connectivity index (χ3n) is 4.69. The lowest BCUT2D eigenvalue weighted by atomic mass is 10.1. The minimum atomic E-state index is -0.327. The van der Waals surface area contributed by atoms with Gasteiger partial charge in [0.05, 0.1) is 34.4 Å². The van der Waals surface area contributed by atoms with Crippen LogP contribution >= 0.6 is 22.9 Å². The Morgan fingerprint density at radius 2 is 2.03 bits per heavy atom. The van der Waals surface area contributed by atoms with Crippen LogP contribution in [0.1, 0.15) is 34.3 Å². The van der Waals surface area contributed by atoms with E-state index in [4.69, 9.17) is 11.6 Å². The van der Waals surface area contributed by atoms with Crippen molar-refractivity contribution in [1.82, 2.24) is 14.8 Å². The number of carbonyl (C=O) groups is 2. The number of nitrogens with zero attached hydrogens (tertiary/aromatic N) is 3. The van der Waals surface area contributed by atoms with Gasteiger partial charge >= 0.3 is 0 Å². The van der Waals surface area contributed by atoms with Crippen LogP contribution in [-0.2, 0) is 11.3 Å². The van der Waals surface area contributed by atoms with Crippen LogP contribution in [0.2, 0.25) is 5.02 Å². The molecule has 158 valence electrons. The third-order valence-corrected chi connectivity index (χ3v) is 5.88. The van der Waals surface area contributed by atoms with Crippen LogP contribution in [0, 0.1) is 6.92 Å². The summed E-state index contributed by atoms with van der Waals surface area (Å²) >= 11 is 7.92. The van der Waals surface area contributed by atoms with Crippen molar-refractivity contribution in [3.63, 3.8) is 0 Å². The number of hydrogen-bond acceptors (Lipinski definition) is 5. The lowest BCUT2D eigenvalue weighted by Crippen LogP contribution is -2.14. The number of pyridine rings is 1. The molecule has 0 spiro atoms. The number of aromatic nitrogens is 3. The van der Waals surface area contributed by atoms with Gasteiger partial charge in [-0.3, -0.25) is 9.59 Å². The molecule has 2 amide bonds. The quantitative estimate of drug-likeness (QED) is 0.425. The van der Waals surface area contributed by atoms with E-state index in [0.29, 0.717) is 51.7 Å². The molecule has 3 heterocycles. The van der Waals surface area contributed by atoms with Gasteiger partial charge in [-0.15, -0.1) is 11.3 Å². The molecule has 0 aliphatic heterocycles. The number of nitrogens with one attached hydrogen (secondary N) is 2. The van der Waals surface area contributed by atoms with Gasteiger partial charge in [0.15, 0.2) is 5.65 Å². The normalized spacial score (nSPS) is 10.9. The fourth-order valence-corrected chi connectivity index (χ4v) is 4.02. The van der Waals surface area contributed by atoms with Gasteiger partial charge in [-0.2, -0.15) is 5.10 Å². The number of thiophene rings is 1. The molecular formula is C22H20ClN5O2S. The summed E-state index contributed by atoms with van der Waals surface area (Å²) in [5.41, 5.74) is 2.79. The van der Waals surface area contributed by atoms with Gasteiger partial charge in [0.2, 0.25) is 5.91 Å². The second-order valence-corrected chi connectivity index (χ2v) is 8.42. The maximum atomic E-state index is 13.1. The summed E-state index contributed by atoms with van der Waals surface area (Å²) in [5.74, 6) is -0.448. The lowest BCUT2D eigenvalue weighted by Gasteiger charge is -2.11. The second kappa shape index (κ2) is 8.87. The maximum absolute atomic E-state index is 13.1. The number of carbonyl (C=O) groups excluding carboxylic acids is 2. The summed E-state index contributed by atoms with van der Waals surface area (Å²) in [6.45, 7) is 4.19. The molecule has 2 N–H and O–H groups in total. The number of amides is 2. The van der Waals surface area contributed by atoms with Crippen molar-refractivity contribution in [1.29, 1.82) is 0 Å². The van der Waals surface area contributed by atoms with Gasteiger partial charge in [-0.1, -0.05) is 24.6 Å². The van der Waals surface area contributed by atoms with Gasteiger partial charge < -0.3 is 10.6 Å². The predicted octanol–water partition coefficient (Wildman–Crippen LogP) is 5.10. The zero-order chi connectivity index (χ0) is 22.0. The third kappa shape index (κ3) is 4.60. The van der Waals surface area contributed by atoms with E-state index in [1.54, 1.807) is 53.4 Å². The first kappa shape index (κ1) is 21.0. The van der Waals surface area contributed by atoms with E-state index < -0.39 is 0 Å². The van der Waals surface area contributed by atoms with E-state index in [2.05, 4.69) is 20.7 Å². The number of hydrogen-bond donors (Lipinski definition) is 2. The average molecular weight is 454 g/mol. The SMILES string of the molecule is CCC(=O)Nc1ccc(Cl)c(NC(=O)c2cc(C)nc3c2cnn3Cc2cccs2)c1. The Kier molecular flexibility index (Phi) is 6.01. The highest BCUT2D eigenvalue weighted by Gasteiger charge is 2.17. The highest BCUT2D eigenvalue weighted by atomic mass is 35.5. The predicted molar refractivity (Wildman–Crippen MR) is 124 cm³/mol. The molecule has 0 aliphatic rings. The Morgan fingerprint density at radius 1 is 1.19 bits per heavy atom. The Hall–Kier alpha value is -3.23. The molecule has 3 aromatic heterocycles. The van der Waals surface area contributed by atoms with Crippen LogP contribution in [0.5, 0.6) is 0 Å². The zero-order valence-corrected chi connectivity index (χ0v) is 18.5. The van der Waals surface area contributed by atoms with Crippen LogP contribution in [0.3, 0.4) is 0 Å². The standard InChI is InChI=1S/C22H20ClN5O2S/c1-3-20(29)26-14-6-7-18(23)19(10-14)27-22(30)16-9-13(2)25-21-17(16)11-24-28(21)12-15-5-4-8-31-15/h4-11H,3,12H2,1-2H3,(H,26,29)(H,27,30). The Labute approximate surface area is 188 Å². The van der Waals surface area contributed by atoms with Crippen LogP contribution in [0.4, 0.5) is 11.4 Å². The minimum Gasteiger partial charge on any atom is -0.326 e. The molecule has 4 aromatic rings. The van der Waals surface area contributed by atoms with Gasteiger partial charge in [0, 0.05) is 22.7 Å². The molecule has 0 atom stereocenters. The van der Waals surface area contributed by atoms with E-state index >= 15 is 0 Å². The summed E-state index contributed by atoms with van der Waals surface area (Å²) in [7, 11) is 0. The Morgan fingerprint density at radius 3 is 2.77 bits per heavy atom. The maximum Gasteiger partial charge on any atom is 0.256 e. The summed E-state index contributed by atoms with van der Waals surface area (Å²) in [5, 5.41) is 13.1. The molecule has 0 saturated heterocycles. The van der Waals surface area contributed by atoms with Crippen molar-refractivity contribution >= 4 is 57.2 Å². The second-order valence-electron chi connectivity index (χ2n) is 6.98. The van der Waals surface area contributed by atoms with Crippen LogP contribution in [-0.4, -0.2) is 26.6 Å². The van der Waals surface area contributed by atoms with E-state index in [1.165, 1.54) is 0 Å². The van der Waals surface area contributed by atoms with E-state index in [-0.39, 0.29) is 11.8 Å². The van der Waals surface area contributed by atoms with Crippen molar-refractivity contribution in [3.05, 3.63) is 69.1 Å². The fourth-order valence-electron chi connectivity index (χ4n) is 3.16. The van der Waals surface area contributed by atoms with Crippen molar-refractivity contribution in [2.45, 2.75) is 26.8 Å². The van der Waals surface area contributed by atoms with Crippen molar-refractivity contribution in [2.24, 2.45) is 0 Å². The Balaban J connectivity index is 1.64. The van der Waals surface area contributed by atoms with Gasteiger partial charge in [-0.25, -0.2) is 9.67 Å². The minimum absolute atomic E-state index is 0.121. The van der Waals surface area contributed by atoms with E-state index in [0.717, 1.165) is 4.88 Å². The highest BCUT2D eigenvalue weighted by molar-refractivity contribution is 7.09. The number of fused-ring (bicyclic) bond motifs is 1. The number of benzene rings is 1. The molecule has 31 heavy (non-hydrogen) atoms. The number of rotatable bonds is 6. The van der Waals surface area contributed by atoms with Crippen LogP contribution in [0.15, 0.2) is 48.0 Å². The monoisotopic (exact) mass is 453 g/mol. The molecule has 0 unspecified atom stereocenters. The molecular weight excluding hydrogens is 434 g/mol. The Bertz CT molecular complexity index is 1270. The van der Waals surface area contributed by atoms with E-state index in [1.807, 2.05) is 24.4 Å². The molecule has 0 saturated carbocycles. The topological polar surface area (TPSA) is 88.9 Å². The first-order chi connectivity index (χ1) is 14.9. The highest BCUT2D eigenvalue weighted by Crippen LogP contribution is 2.27. The number of halogens is 1. The number of anilines is 2. The van der Waals surface area contributed by atoms with Crippen LogP contribution in [0.25, 0.3) is 11.0 Å².